The Morgan fingerprint density at radius 3 is 1.55 bits per heavy atom. The molecular formula is C8H5F3. The molecule has 0 spiro atoms. The Morgan fingerprint density at radius 2 is 1.27 bits per heavy atom. The first-order valence-electron chi connectivity index (χ1n) is 2.64. The lowest BCUT2D eigenvalue weighted by Gasteiger charge is -1.90. The molecule has 0 saturated carbocycles. The quantitative estimate of drug-likeness (QED) is 0.401. The van der Waals surface area contributed by atoms with Gasteiger partial charge in [0.25, 0.3) is 0 Å². The van der Waals surface area contributed by atoms with Crippen molar-refractivity contribution in [2.45, 2.75) is 0 Å². The Labute approximate surface area is 62.7 Å². The third-order valence-corrected chi connectivity index (χ3v) is 0.904. The second-order valence-corrected chi connectivity index (χ2v) is 1.54. The summed E-state index contributed by atoms with van der Waals surface area (Å²) in [6, 6.07) is 2.82. The number of rotatable bonds is 0. The normalized spacial score (nSPS) is 8.09. The molecule has 1 aromatic carbocycles. The highest BCUT2D eigenvalue weighted by atomic mass is 19.2. The molecule has 0 unspecified atom stereocenters. The molecule has 11 heavy (non-hydrogen) atoms. The largest absolute Gasteiger partial charge is 0.204 e. The lowest BCUT2D eigenvalue weighted by atomic mass is 10.3. The number of hydrogen-bond donors (Lipinski definition) is 0. The molecule has 0 nitrogen and oxygen atoms in total. The molecule has 0 fully saturated rings. The van der Waals surface area contributed by atoms with E-state index in [2.05, 4.69) is 12.8 Å². The van der Waals surface area contributed by atoms with E-state index in [0.29, 0.717) is 0 Å². The lowest BCUT2D eigenvalue weighted by molar-refractivity contribution is 0.447. The van der Waals surface area contributed by atoms with Gasteiger partial charge >= 0.3 is 0 Å². The van der Waals surface area contributed by atoms with E-state index in [4.69, 9.17) is 0 Å². The van der Waals surface area contributed by atoms with Crippen LogP contribution in [0, 0.1) is 30.3 Å². The first kappa shape index (κ1) is 9.57. The standard InChI is InChI=1S/C6H3F3.C2H2/c7-4-2-1-3-5(8)6(4)9;1-2/h1-3H;1-2H. The van der Waals surface area contributed by atoms with Gasteiger partial charge in [-0.3, -0.25) is 0 Å². The van der Waals surface area contributed by atoms with E-state index in [1.165, 1.54) is 0 Å². The molecule has 0 aliphatic carbocycles. The summed E-state index contributed by atoms with van der Waals surface area (Å²) in [7, 11) is 0. The van der Waals surface area contributed by atoms with E-state index in [9.17, 15) is 13.2 Å². The van der Waals surface area contributed by atoms with Gasteiger partial charge in [-0.2, -0.15) is 0 Å². The van der Waals surface area contributed by atoms with E-state index in [0.717, 1.165) is 18.2 Å². The van der Waals surface area contributed by atoms with Crippen molar-refractivity contribution < 1.29 is 13.2 Å². The lowest BCUT2D eigenvalue weighted by Crippen LogP contribution is -1.86. The Kier molecular flexibility index (Phi) is 3.82. The van der Waals surface area contributed by atoms with E-state index in [-0.39, 0.29) is 0 Å². The molecule has 0 saturated heterocycles. The van der Waals surface area contributed by atoms with Gasteiger partial charge in [-0.25, -0.2) is 13.2 Å². The van der Waals surface area contributed by atoms with Gasteiger partial charge in [0.1, 0.15) is 0 Å². The van der Waals surface area contributed by atoms with Crippen molar-refractivity contribution in [2.24, 2.45) is 0 Å². The fraction of sp³-hybridized carbons (Fsp3) is 0. The van der Waals surface area contributed by atoms with Crippen molar-refractivity contribution >= 4 is 0 Å². The van der Waals surface area contributed by atoms with Gasteiger partial charge in [-0.05, 0) is 12.1 Å². The van der Waals surface area contributed by atoms with Gasteiger partial charge in [0.15, 0.2) is 17.5 Å². The number of terminal acetylenes is 1. The molecule has 0 bridgehead atoms. The highest BCUT2D eigenvalue weighted by Gasteiger charge is 2.04. The fourth-order valence-electron chi connectivity index (χ4n) is 0.477. The zero-order valence-corrected chi connectivity index (χ0v) is 5.52. The summed E-state index contributed by atoms with van der Waals surface area (Å²) in [5.41, 5.74) is 0. The van der Waals surface area contributed by atoms with Crippen molar-refractivity contribution in [3.8, 4) is 12.8 Å². The van der Waals surface area contributed by atoms with E-state index >= 15 is 0 Å². The van der Waals surface area contributed by atoms with Crippen molar-refractivity contribution in [3.63, 3.8) is 0 Å². The second kappa shape index (κ2) is 4.40. The van der Waals surface area contributed by atoms with Gasteiger partial charge in [0.2, 0.25) is 0 Å². The van der Waals surface area contributed by atoms with Crippen LogP contribution in [-0.4, -0.2) is 0 Å². The molecule has 0 amide bonds. The fourth-order valence-corrected chi connectivity index (χ4v) is 0.477. The van der Waals surface area contributed by atoms with Crippen LogP contribution in [0.4, 0.5) is 13.2 Å². The first-order valence-corrected chi connectivity index (χ1v) is 2.64. The molecule has 58 valence electrons. The Hall–Kier alpha value is -1.43. The van der Waals surface area contributed by atoms with Gasteiger partial charge in [0.05, 0.1) is 0 Å². The average molecular weight is 158 g/mol. The van der Waals surface area contributed by atoms with Crippen LogP contribution in [0.15, 0.2) is 18.2 Å². The zero-order valence-electron chi connectivity index (χ0n) is 5.52. The van der Waals surface area contributed by atoms with Crippen molar-refractivity contribution in [3.05, 3.63) is 35.7 Å². The summed E-state index contributed by atoms with van der Waals surface area (Å²) in [6.07, 6.45) is 8.00. The molecule has 0 aliphatic heterocycles. The maximum Gasteiger partial charge on any atom is 0.194 e. The molecule has 3 heteroatoms. The van der Waals surface area contributed by atoms with Gasteiger partial charge in [-0.15, -0.1) is 12.8 Å². The molecule has 0 atom stereocenters. The van der Waals surface area contributed by atoms with Crippen LogP contribution < -0.4 is 0 Å². The zero-order chi connectivity index (χ0) is 8.85. The minimum Gasteiger partial charge on any atom is -0.204 e. The summed E-state index contributed by atoms with van der Waals surface area (Å²) in [5, 5.41) is 0. The van der Waals surface area contributed by atoms with Crippen molar-refractivity contribution in [1.29, 1.82) is 0 Å². The van der Waals surface area contributed by atoms with Crippen LogP contribution in [0.3, 0.4) is 0 Å². The minimum absolute atomic E-state index is 0.860. The summed E-state index contributed by atoms with van der Waals surface area (Å²) < 4.78 is 35.9. The van der Waals surface area contributed by atoms with Crippen molar-refractivity contribution in [2.75, 3.05) is 0 Å². The SMILES string of the molecule is C#C.Fc1cccc(F)c1F. The third kappa shape index (κ3) is 2.34. The van der Waals surface area contributed by atoms with Gasteiger partial charge in [0, 0.05) is 0 Å². The predicted octanol–water partition coefficient (Wildman–Crippen LogP) is 2.35. The van der Waals surface area contributed by atoms with Crippen LogP contribution >= 0.6 is 0 Å². The summed E-state index contributed by atoms with van der Waals surface area (Å²) in [6.45, 7) is 0. The van der Waals surface area contributed by atoms with Crippen LogP contribution in [0.5, 0.6) is 0 Å². The summed E-state index contributed by atoms with van der Waals surface area (Å²) >= 11 is 0. The second-order valence-electron chi connectivity index (χ2n) is 1.54. The predicted molar refractivity (Wildman–Crippen MR) is 36.2 cm³/mol. The molecule has 0 aliphatic rings. The summed E-state index contributed by atoms with van der Waals surface area (Å²) in [4.78, 5) is 0. The molecule has 1 aromatic rings. The highest BCUT2D eigenvalue weighted by molar-refractivity contribution is 5.07. The maximum atomic E-state index is 12.0. The van der Waals surface area contributed by atoms with Crippen LogP contribution in [0.25, 0.3) is 0 Å². The number of halogens is 3. The molecule has 0 heterocycles. The smallest absolute Gasteiger partial charge is 0.194 e. The van der Waals surface area contributed by atoms with Crippen LogP contribution in [-0.2, 0) is 0 Å². The van der Waals surface area contributed by atoms with Crippen LogP contribution in [0.2, 0.25) is 0 Å². The Bertz CT molecular complexity index is 233. The third-order valence-electron chi connectivity index (χ3n) is 0.904. The average Bonchev–Trinajstić information content (AvgIpc) is 2.04. The van der Waals surface area contributed by atoms with Gasteiger partial charge in [-0.1, -0.05) is 6.07 Å². The van der Waals surface area contributed by atoms with Crippen molar-refractivity contribution in [1.82, 2.24) is 0 Å². The molecule has 0 N–H and O–H groups in total. The number of hydrogen-bond acceptors (Lipinski definition) is 0. The van der Waals surface area contributed by atoms with E-state index in [1.54, 1.807) is 0 Å². The van der Waals surface area contributed by atoms with E-state index < -0.39 is 17.5 Å². The summed E-state index contributed by atoms with van der Waals surface area (Å²) in [5.74, 6) is -3.73. The Morgan fingerprint density at radius 1 is 0.909 bits per heavy atom. The maximum absolute atomic E-state index is 12.0. The Balaban J connectivity index is 0.000000461. The van der Waals surface area contributed by atoms with Gasteiger partial charge < -0.3 is 0 Å². The molecular weight excluding hydrogens is 153 g/mol. The minimum atomic E-state index is -1.42. The number of benzene rings is 1. The first-order chi connectivity index (χ1) is 5.22. The molecule has 0 radical (unpaired) electrons. The molecule has 0 aromatic heterocycles. The van der Waals surface area contributed by atoms with E-state index in [1.807, 2.05) is 0 Å². The topological polar surface area (TPSA) is 0 Å². The van der Waals surface area contributed by atoms with Crippen LogP contribution in [0.1, 0.15) is 0 Å². The highest BCUT2D eigenvalue weighted by Crippen LogP contribution is 2.07. The molecule has 1 rings (SSSR count). The monoisotopic (exact) mass is 158 g/mol.